The lowest BCUT2D eigenvalue weighted by Crippen LogP contribution is -2.63. The highest BCUT2D eigenvalue weighted by Crippen LogP contribution is 2.70. The summed E-state index contributed by atoms with van der Waals surface area (Å²) in [5.41, 5.74) is 1.31. The zero-order valence-electron chi connectivity index (χ0n) is 24.0. The number of hydrogen-bond donors (Lipinski definition) is 3. The Morgan fingerprint density at radius 2 is 1.86 bits per heavy atom. The molecule has 4 fully saturated rings. The second kappa shape index (κ2) is 9.82. The molecular formula is C34H38O8. The van der Waals surface area contributed by atoms with E-state index in [4.69, 9.17) is 13.9 Å². The molecule has 2 aromatic rings. The Bertz CT molecular complexity index is 1470. The zero-order valence-corrected chi connectivity index (χ0v) is 24.0. The Morgan fingerprint density at radius 1 is 1.10 bits per heavy atom. The van der Waals surface area contributed by atoms with Crippen LogP contribution in [0.25, 0.3) is 0 Å². The van der Waals surface area contributed by atoms with E-state index in [0.29, 0.717) is 25.0 Å². The van der Waals surface area contributed by atoms with Gasteiger partial charge >= 0.3 is 0 Å². The summed E-state index contributed by atoms with van der Waals surface area (Å²) in [6.07, 6.45) is 7.86. The summed E-state index contributed by atoms with van der Waals surface area (Å²) in [5, 5.41) is 31.3. The Morgan fingerprint density at radius 3 is 2.60 bits per heavy atom. The lowest BCUT2D eigenvalue weighted by Gasteiger charge is -2.59. The number of hydrogen-bond acceptors (Lipinski definition) is 8. The van der Waals surface area contributed by atoms with E-state index in [0.717, 1.165) is 35.1 Å². The third-order valence-electron chi connectivity index (χ3n) is 11.3. The molecular weight excluding hydrogens is 536 g/mol. The van der Waals surface area contributed by atoms with E-state index in [9.17, 15) is 24.9 Å². The minimum atomic E-state index is -1.41. The molecule has 42 heavy (non-hydrogen) atoms. The van der Waals surface area contributed by atoms with Crippen LogP contribution in [-0.4, -0.2) is 51.3 Å². The summed E-state index contributed by atoms with van der Waals surface area (Å²) in [6.45, 7) is 3.46. The van der Waals surface area contributed by atoms with E-state index in [-0.39, 0.29) is 30.1 Å². The number of rotatable bonds is 6. The molecule has 1 aromatic heterocycles. The van der Waals surface area contributed by atoms with Gasteiger partial charge in [0, 0.05) is 23.2 Å². The van der Waals surface area contributed by atoms with E-state index in [1.54, 1.807) is 18.4 Å². The quantitative estimate of drug-likeness (QED) is 0.473. The Balaban J connectivity index is 1.17. The van der Waals surface area contributed by atoms with Gasteiger partial charge in [-0.1, -0.05) is 49.8 Å². The van der Waals surface area contributed by atoms with Gasteiger partial charge in [-0.25, -0.2) is 0 Å². The lowest BCUT2D eigenvalue weighted by molar-refractivity contribution is -0.203. The molecule has 1 saturated heterocycles. The minimum absolute atomic E-state index is 0.00433. The maximum Gasteiger partial charge on any atom is 0.218 e. The van der Waals surface area contributed by atoms with Gasteiger partial charge in [0.05, 0.1) is 25.1 Å². The average Bonchev–Trinajstić information content (AvgIpc) is 3.66. The second-order valence-electron chi connectivity index (χ2n) is 13.3. The molecule has 3 saturated carbocycles. The van der Waals surface area contributed by atoms with Crippen molar-refractivity contribution in [3.8, 4) is 0 Å². The Kier molecular flexibility index (Phi) is 6.53. The van der Waals surface area contributed by atoms with Crippen LogP contribution in [0.1, 0.15) is 68.3 Å². The van der Waals surface area contributed by atoms with Gasteiger partial charge in [-0.15, -0.1) is 0 Å². The van der Waals surface area contributed by atoms with Crippen LogP contribution in [0.2, 0.25) is 0 Å². The third-order valence-corrected chi connectivity index (χ3v) is 11.3. The van der Waals surface area contributed by atoms with Gasteiger partial charge in [-0.3, -0.25) is 9.59 Å². The molecule has 1 aliphatic heterocycles. The van der Waals surface area contributed by atoms with Crippen molar-refractivity contribution in [3.05, 3.63) is 82.8 Å². The van der Waals surface area contributed by atoms with Crippen molar-refractivity contribution in [3.63, 3.8) is 0 Å². The standard InChI is InChI=1S/C34H38O8/c1-32-10-9-23(37)13-22(32)7-8-24-25-14-29-34(28(39)17-36,33(25,2)15-26(38)30(24)32)42-31(41-29)27-12-21(18-40-27)11-19-3-5-20(16-35)6-4-19/h3-6,9-10,12-13,18,24-26,29-31,35-36,38H,7-8,11,14-17H2,1-2H3/t24-,25-,26-,29+,30+,31+,32-,33-,34+/m0/s1. The van der Waals surface area contributed by atoms with Crippen molar-refractivity contribution in [2.24, 2.45) is 28.6 Å². The Hall–Kier alpha value is -2.88. The number of furan rings is 1. The number of ether oxygens (including phenoxy) is 2. The van der Waals surface area contributed by atoms with Crippen LogP contribution in [0.4, 0.5) is 0 Å². The number of carbonyl (C=O) groups excluding carboxylic acids is 2. The Labute approximate surface area is 245 Å². The summed E-state index contributed by atoms with van der Waals surface area (Å²) >= 11 is 0. The van der Waals surface area contributed by atoms with Crippen molar-refractivity contribution < 1.29 is 38.8 Å². The van der Waals surface area contributed by atoms with Gasteiger partial charge in [0.15, 0.2) is 22.9 Å². The molecule has 222 valence electrons. The fourth-order valence-electron chi connectivity index (χ4n) is 9.42. The van der Waals surface area contributed by atoms with Crippen LogP contribution in [0, 0.1) is 28.6 Å². The van der Waals surface area contributed by atoms with Gasteiger partial charge in [-0.2, -0.15) is 0 Å². The van der Waals surface area contributed by atoms with E-state index in [2.05, 4.69) is 6.92 Å². The van der Waals surface area contributed by atoms with Gasteiger partial charge in [0.25, 0.3) is 0 Å². The predicted molar refractivity (Wildman–Crippen MR) is 151 cm³/mol. The maximum atomic E-state index is 13.7. The topological polar surface area (TPSA) is 126 Å². The van der Waals surface area contributed by atoms with Gasteiger partial charge < -0.3 is 29.2 Å². The smallest absolute Gasteiger partial charge is 0.218 e. The van der Waals surface area contributed by atoms with Crippen LogP contribution in [0.5, 0.6) is 0 Å². The first-order chi connectivity index (χ1) is 20.1. The highest BCUT2D eigenvalue weighted by molar-refractivity contribution is 6.01. The molecule has 9 atom stereocenters. The molecule has 1 aromatic carbocycles. The van der Waals surface area contributed by atoms with E-state index < -0.39 is 47.3 Å². The zero-order chi connectivity index (χ0) is 29.4. The fraction of sp³-hybridized carbons (Fsp3) is 0.529. The minimum Gasteiger partial charge on any atom is -0.464 e. The molecule has 0 bridgehead atoms. The number of aliphatic hydroxyl groups excluding tert-OH is 3. The van der Waals surface area contributed by atoms with Crippen molar-refractivity contribution in [1.82, 2.24) is 0 Å². The molecule has 4 aliphatic carbocycles. The summed E-state index contributed by atoms with van der Waals surface area (Å²) in [4.78, 5) is 25.9. The third kappa shape index (κ3) is 3.85. The van der Waals surface area contributed by atoms with Gasteiger partial charge in [-0.05, 0) is 72.4 Å². The molecule has 0 amide bonds. The lowest BCUT2D eigenvalue weighted by atomic mass is 9.46. The van der Waals surface area contributed by atoms with Crippen molar-refractivity contribution in [2.45, 2.75) is 76.7 Å². The number of allylic oxidation sites excluding steroid dienone is 4. The van der Waals surface area contributed by atoms with E-state index in [1.165, 1.54) is 0 Å². The van der Waals surface area contributed by atoms with Crippen molar-refractivity contribution >= 4 is 11.6 Å². The summed E-state index contributed by atoms with van der Waals surface area (Å²) in [6, 6.07) is 9.58. The van der Waals surface area contributed by atoms with E-state index >= 15 is 0 Å². The van der Waals surface area contributed by atoms with Crippen LogP contribution < -0.4 is 0 Å². The number of carbonyl (C=O) groups is 2. The molecule has 0 unspecified atom stereocenters. The number of ketones is 2. The van der Waals surface area contributed by atoms with Crippen LogP contribution >= 0.6 is 0 Å². The number of Topliss-reactive ketones (excluding diaryl/α,β-unsaturated/α-hetero) is 1. The van der Waals surface area contributed by atoms with Crippen LogP contribution in [0.15, 0.2) is 64.8 Å². The first kappa shape index (κ1) is 27.9. The van der Waals surface area contributed by atoms with Crippen molar-refractivity contribution in [1.29, 1.82) is 0 Å². The monoisotopic (exact) mass is 574 g/mol. The van der Waals surface area contributed by atoms with Gasteiger partial charge in [0.1, 0.15) is 6.61 Å². The van der Waals surface area contributed by atoms with E-state index in [1.807, 2.05) is 43.3 Å². The maximum absolute atomic E-state index is 13.7. The first-order valence-corrected chi connectivity index (χ1v) is 15.0. The molecule has 7 rings (SSSR count). The highest BCUT2D eigenvalue weighted by atomic mass is 16.8. The number of benzene rings is 1. The van der Waals surface area contributed by atoms with Gasteiger partial charge in [0.2, 0.25) is 6.29 Å². The first-order valence-electron chi connectivity index (χ1n) is 15.0. The summed E-state index contributed by atoms with van der Waals surface area (Å²) in [5.74, 6) is 0.0778. The number of aliphatic hydroxyl groups is 3. The molecule has 8 heteroatoms. The molecule has 5 aliphatic rings. The largest absolute Gasteiger partial charge is 0.464 e. The SMILES string of the molecule is C[C@]12C=CC(=O)C=C1CC[C@@H]1[C@@H]2[C@@H](O)C[C@@]2(C)[C@H]1C[C@H]1O[C@@H](c3cc(Cc4ccc(CO)cc4)co3)O[C@]12C(=O)CO. The summed E-state index contributed by atoms with van der Waals surface area (Å²) < 4.78 is 19.0. The fourth-order valence-corrected chi connectivity index (χ4v) is 9.42. The van der Waals surface area contributed by atoms with Crippen LogP contribution in [0.3, 0.4) is 0 Å². The van der Waals surface area contributed by atoms with Crippen LogP contribution in [-0.2, 0) is 32.1 Å². The second-order valence-corrected chi connectivity index (χ2v) is 13.3. The van der Waals surface area contributed by atoms with Crippen molar-refractivity contribution in [2.75, 3.05) is 6.61 Å². The highest BCUT2D eigenvalue weighted by Gasteiger charge is 2.76. The molecule has 0 spiro atoms. The number of fused-ring (bicyclic) bond motifs is 7. The molecule has 0 radical (unpaired) electrons. The molecule has 2 heterocycles. The molecule has 8 nitrogen and oxygen atoms in total. The molecule has 3 N–H and O–H groups in total. The predicted octanol–water partition coefficient (Wildman–Crippen LogP) is 3.97. The summed E-state index contributed by atoms with van der Waals surface area (Å²) in [7, 11) is 0. The average molecular weight is 575 g/mol. The normalized spacial score (nSPS) is 40.2.